The van der Waals surface area contributed by atoms with Crippen molar-refractivity contribution >= 4 is 11.9 Å². The summed E-state index contributed by atoms with van der Waals surface area (Å²) in [6.07, 6.45) is 5.35. The molecule has 1 unspecified atom stereocenters. The van der Waals surface area contributed by atoms with Gasteiger partial charge in [-0.05, 0) is 31.2 Å². The Hall–Kier alpha value is -1.88. The maximum Gasteiger partial charge on any atom is 0.318 e. The molecule has 27 heavy (non-hydrogen) atoms. The van der Waals surface area contributed by atoms with Gasteiger partial charge in [-0.25, -0.2) is 0 Å². The highest BCUT2D eigenvalue weighted by Gasteiger charge is 2.39. The summed E-state index contributed by atoms with van der Waals surface area (Å²) in [5, 5.41) is 0. The van der Waals surface area contributed by atoms with Crippen LogP contribution in [0.2, 0.25) is 0 Å². The lowest BCUT2D eigenvalue weighted by molar-refractivity contribution is -0.159. The van der Waals surface area contributed by atoms with Crippen molar-refractivity contribution in [1.82, 2.24) is 9.80 Å². The van der Waals surface area contributed by atoms with Crippen LogP contribution >= 0.6 is 0 Å². The highest BCUT2D eigenvalue weighted by Crippen LogP contribution is 2.32. The first-order valence-electron chi connectivity index (χ1n) is 10.4. The summed E-state index contributed by atoms with van der Waals surface area (Å²) in [5.41, 5.74) is 1.30. The summed E-state index contributed by atoms with van der Waals surface area (Å²) in [5.74, 6) is -0.792. The summed E-state index contributed by atoms with van der Waals surface area (Å²) >= 11 is 0. The Morgan fingerprint density at radius 2 is 1.70 bits per heavy atom. The minimum atomic E-state index is -0.606. The Kier molecular flexibility index (Phi) is 7.27. The van der Waals surface area contributed by atoms with Gasteiger partial charge in [-0.15, -0.1) is 0 Å². The van der Waals surface area contributed by atoms with Gasteiger partial charge in [-0.2, -0.15) is 0 Å². The van der Waals surface area contributed by atoms with E-state index in [1.54, 1.807) is 0 Å². The fourth-order valence-corrected chi connectivity index (χ4v) is 4.36. The molecule has 0 bridgehead atoms. The molecule has 2 fully saturated rings. The van der Waals surface area contributed by atoms with Gasteiger partial charge >= 0.3 is 5.97 Å². The van der Waals surface area contributed by atoms with Gasteiger partial charge in [0.1, 0.15) is 5.92 Å². The van der Waals surface area contributed by atoms with Crippen LogP contribution in [0.15, 0.2) is 30.3 Å². The third kappa shape index (κ3) is 5.32. The normalized spacial score (nSPS) is 20.3. The van der Waals surface area contributed by atoms with E-state index >= 15 is 0 Å². The van der Waals surface area contributed by atoms with Gasteiger partial charge in [0.05, 0.1) is 6.61 Å². The third-order valence-electron chi connectivity index (χ3n) is 5.86. The van der Waals surface area contributed by atoms with Crippen molar-refractivity contribution in [2.75, 3.05) is 32.8 Å². The number of ether oxygens (including phenoxy) is 1. The molecule has 1 aliphatic heterocycles. The summed E-state index contributed by atoms with van der Waals surface area (Å²) in [6.45, 7) is 6.12. The smallest absolute Gasteiger partial charge is 0.318 e. The van der Waals surface area contributed by atoms with Crippen molar-refractivity contribution in [3.05, 3.63) is 35.9 Å². The minimum Gasteiger partial charge on any atom is -0.465 e. The van der Waals surface area contributed by atoms with E-state index in [2.05, 4.69) is 29.2 Å². The van der Waals surface area contributed by atoms with E-state index in [-0.39, 0.29) is 17.8 Å². The Morgan fingerprint density at radius 3 is 2.33 bits per heavy atom. The maximum absolute atomic E-state index is 13.2. The summed E-state index contributed by atoms with van der Waals surface area (Å²) < 4.78 is 5.27. The molecule has 1 saturated carbocycles. The van der Waals surface area contributed by atoms with E-state index in [0.717, 1.165) is 45.3 Å². The molecule has 1 heterocycles. The van der Waals surface area contributed by atoms with E-state index in [4.69, 9.17) is 4.74 Å². The van der Waals surface area contributed by atoms with E-state index in [9.17, 15) is 9.59 Å². The van der Waals surface area contributed by atoms with E-state index < -0.39 is 5.92 Å². The van der Waals surface area contributed by atoms with Crippen molar-refractivity contribution in [2.45, 2.75) is 45.6 Å². The van der Waals surface area contributed by atoms with Crippen LogP contribution in [-0.4, -0.2) is 54.5 Å². The fourth-order valence-electron chi connectivity index (χ4n) is 4.36. The van der Waals surface area contributed by atoms with Crippen molar-refractivity contribution in [1.29, 1.82) is 0 Å². The highest BCUT2D eigenvalue weighted by atomic mass is 16.5. The number of nitrogens with zero attached hydrogens (tertiary/aromatic N) is 2. The number of rotatable bonds is 6. The second kappa shape index (κ2) is 9.88. The number of carbonyl (C=O) groups excluding carboxylic acids is 2. The molecule has 3 rings (SSSR count). The van der Waals surface area contributed by atoms with Crippen molar-refractivity contribution < 1.29 is 14.3 Å². The number of esters is 1. The van der Waals surface area contributed by atoms with Gasteiger partial charge in [0.15, 0.2) is 0 Å². The molecule has 1 atom stereocenters. The molecule has 1 aliphatic carbocycles. The SMILES string of the molecule is CCOC(=O)C(C(=O)N1CCN(Cc2ccccc2)CC1)C1CCCCC1. The molecule has 0 radical (unpaired) electrons. The van der Waals surface area contributed by atoms with Crippen LogP contribution in [0.1, 0.15) is 44.6 Å². The predicted octanol–water partition coefficient (Wildman–Crippen LogP) is 3.09. The monoisotopic (exact) mass is 372 g/mol. The second-order valence-electron chi connectivity index (χ2n) is 7.71. The third-order valence-corrected chi connectivity index (χ3v) is 5.86. The number of amides is 1. The second-order valence-corrected chi connectivity index (χ2v) is 7.71. The van der Waals surface area contributed by atoms with Gasteiger partial charge in [-0.1, -0.05) is 49.6 Å². The highest BCUT2D eigenvalue weighted by molar-refractivity contribution is 5.98. The Balaban J connectivity index is 1.58. The lowest BCUT2D eigenvalue weighted by atomic mass is 9.79. The molecule has 148 valence electrons. The van der Waals surface area contributed by atoms with E-state index in [1.807, 2.05) is 17.9 Å². The molecule has 1 aromatic rings. The first kappa shape index (κ1) is 19.9. The van der Waals surface area contributed by atoms with Crippen LogP contribution in [0.3, 0.4) is 0 Å². The zero-order valence-electron chi connectivity index (χ0n) is 16.4. The molecular formula is C22H32N2O3. The lowest BCUT2D eigenvalue weighted by Gasteiger charge is -2.38. The van der Waals surface area contributed by atoms with Crippen molar-refractivity contribution in [2.24, 2.45) is 11.8 Å². The van der Waals surface area contributed by atoms with E-state index in [0.29, 0.717) is 19.7 Å². The molecule has 5 heteroatoms. The fraction of sp³-hybridized carbons (Fsp3) is 0.636. The summed E-state index contributed by atoms with van der Waals surface area (Å²) in [4.78, 5) is 30.0. The van der Waals surface area contributed by atoms with Gasteiger partial charge in [0.2, 0.25) is 5.91 Å². The standard InChI is InChI=1S/C22H32N2O3/c1-2-27-22(26)20(19-11-7-4-8-12-19)21(25)24-15-13-23(14-16-24)17-18-9-5-3-6-10-18/h3,5-6,9-10,19-20H,2,4,7-8,11-17H2,1H3. The van der Waals surface area contributed by atoms with Crippen molar-refractivity contribution in [3.63, 3.8) is 0 Å². The Labute approximate surface area is 162 Å². The average molecular weight is 373 g/mol. The molecule has 0 N–H and O–H groups in total. The Morgan fingerprint density at radius 1 is 1.04 bits per heavy atom. The largest absolute Gasteiger partial charge is 0.465 e. The molecular weight excluding hydrogens is 340 g/mol. The van der Waals surface area contributed by atoms with Crippen LogP contribution in [-0.2, 0) is 20.9 Å². The van der Waals surface area contributed by atoms with Crippen LogP contribution in [0, 0.1) is 11.8 Å². The summed E-state index contributed by atoms with van der Waals surface area (Å²) in [7, 11) is 0. The molecule has 1 aromatic carbocycles. The van der Waals surface area contributed by atoms with E-state index in [1.165, 1.54) is 12.0 Å². The van der Waals surface area contributed by atoms with Gasteiger partial charge in [-0.3, -0.25) is 14.5 Å². The number of carbonyl (C=O) groups is 2. The van der Waals surface area contributed by atoms with Gasteiger partial charge < -0.3 is 9.64 Å². The number of hydrogen-bond acceptors (Lipinski definition) is 4. The first-order valence-corrected chi connectivity index (χ1v) is 10.4. The molecule has 1 amide bonds. The molecule has 1 saturated heterocycles. The number of benzene rings is 1. The molecule has 2 aliphatic rings. The van der Waals surface area contributed by atoms with Crippen LogP contribution < -0.4 is 0 Å². The number of piperazine rings is 1. The van der Waals surface area contributed by atoms with Crippen molar-refractivity contribution in [3.8, 4) is 0 Å². The molecule has 0 spiro atoms. The van der Waals surface area contributed by atoms with Crippen LogP contribution in [0.5, 0.6) is 0 Å². The number of hydrogen-bond donors (Lipinski definition) is 0. The van der Waals surface area contributed by atoms with Gasteiger partial charge in [0.25, 0.3) is 0 Å². The van der Waals surface area contributed by atoms with Crippen LogP contribution in [0.4, 0.5) is 0 Å². The quantitative estimate of drug-likeness (QED) is 0.569. The lowest BCUT2D eigenvalue weighted by Crippen LogP contribution is -2.52. The average Bonchev–Trinajstić information content (AvgIpc) is 2.70. The van der Waals surface area contributed by atoms with Crippen LogP contribution in [0.25, 0.3) is 0 Å². The first-order chi connectivity index (χ1) is 13.2. The summed E-state index contributed by atoms with van der Waals surface area (Å²) in [6, 6.07) is 10.4. The molecule has 0 aromatic heterocycles. The molecule has 5 nitrogen and oxygen atoms in total. The predicted molar refractivity (Wildman–Crippen MR) is 105 cm³/mol. The zero-order chi connectivity index (χ0) is 19.1. The maximum atomic E-state index is 13.2. The topological polar surface area (TPSA) is 49.9 Å². The van der Waals surface area contributed by atoms with Gasteiger partial charge in [0, 0.05) is 32.7 Å². The minimum absolute atomic E-state index is 0.0142. The zero-order valence-corrected chi connectivity index (χ0v) is 16.4. The Bertz CT molecular complexity index is 605.